The molecule has 0 amide bonds. The van der Waals surface area contributed by atoms with Crippen molar-refractivity contribution in [1.29, 1.82) is 0 Å². The summed E-state index contributed by atoms with van der Waals surface area (Å²) in [7, 11) is 5.47. The number of hydrogen-bond acceptors (Lipinski definition) is 4. The molecule has 1 fully saturated rings. The zero-order chi connectivity index (χ0) is 21.9. The number of rotatable bonds is 12. The molecule has 8 heteroatoms. The van der Waals surface area contributed by atoms with E-state index in [1.54, 1.807) is 0 Å². The second-order valence-electron chi connectivity index (χ2n) is 9.49. The summed E-state index contributed by atoms with van der Waals surface area (Å²) in [6.45, 7) is 15.8. The molecule has 0 aromatic rings. The summed E-state index contributed by atoms with van der Waals surface area (Å²) < 4.78 is 0. The van der Waals surface area contributed by atoms with Crippen LogP contribution in [0.25, 0.3) is 0 Å². The van der Waals surface area contributed by atoms with Gasteiger partial charge >= 0.3 is 0 Å². The first-order chi connectivity index (χ1) is 14.7. The minimum atomic E-state index is 1.30. The third-order valence-electron chi connectivity index (χ3n) is 6.67. The maximum atomic E-state index is 2.81. The Hall–Kier alpha value is 0.708. The summed E-state index contributed by atoms with van der Waals surface area (Å²) in [5, 5.41) is 0. The van der Waals surface area contributed by atoms with Gasteiger partial charge in [0, 0.05) is 67.1 Å². The van der Waals surface area contributed by atoms with Crippen LogP contribution in [0.5, 0.6) is 0 Å². The van der Waals surface area contributed by atoms with Gasteiger partial charge in [-0.3, -0.25) is 0 Å². The Morgan fingerprint density at radius 2 is 0.600 bits per heavy atom. The fourth-order valence-corrected chi connectivity index (χ4v) is 5.73. The summed E-state index contributed by atoms with van der Waals surface area (Å²) in [6.07, 6.45) is 8.42. The van der Waals surface area contributed by atoms with Crippen molar-refractivity contribution in [2.75, 3.05) is 78.5 Å². The van der Waals surface area contributed by atoms with Gasteiger partial charge in [0.05, 0.1) is 0 Å². The van der Waals surface area contributed by atoms with Gasteiger partial charge in [0.1, 0.15) is 0 Å². The third kappa shape index (κ3) is 14.7. The zero-order valence-corrected chi connectivity index (χ0v) is 29.3. The topological polar surface area (TPSA) is 13.0 Å². The Bertz CT molecular complexity index is 313. The van der Waals surface area contributed by atoms with Gasteiger partial charge in [0.25, 0.3) is 0 Å². The van der Waals surface area contributed by atoms with Crippen LogP contribution in [0.2, 0.25) is 24.2 Å². The van der Waals surface area contributed by atoms with Crippen LogP contribution in [0, 0.1) is 0 Å². The quantitative estimate of drug-likeness (QED) is 0.316. The largest absolute Gasteiger partial charge is 0.302 e. The maximum Gasteiger partial charge on any atom is 0.0109 e. The molecule has 0 atom stereocenters. The third-order valence-corrected chi connectivity index (χ3v) is 9.50. The molecule has 30 heavy (non-hydrogen) atoms. The van der Waals surface area contributed by atoms with Gasteiger partial charge in [-0.15, -0.1) is 0 Å². The second-order valence-corrected chi connectivity index (χ2v) is 13.5. The Labute approximate surface area is 201 Å². The van der Waals surface area contributed by atoms with Crippen molar-refractivity contribution < 1.29 is 0 Å². The average molecular weight is 489 g/mol. The van der Waals surface area contributed by atoms with Crippen LogP contribution >= 0.6 is 0 Å². The summed E-state index contributed by atoms with van der Waals surface area (Å²) in [4.78, 5) is 11.2. The molecular weight excluding hydrogens is 433 g/mol. The normalized spacial score (nSPS) is 20.8. The van der Waals surface area contributed by atoms with Gasteiger partial charge in [0.15, 0.2) is 0 Å². The van der Waals surface area contributed by atoms with E-state index in [2.05, 4.69) is 19.6 Å². The molecule has 0 saturated carbocycles. The van der Waals surface area contributed by atoms with Crippen LogP contribution in [0.4, 0.5) is 0 Å². The van der Waals surface area contributed by atoms with E-state index in [1.807, 2.05) is 0 Å². The van der Waals surface area contributed by atoms with Crippen LogP contribution in [-0.2, 0) is 0 Å². The van der Waals surface area contributed by atoms with E-state index in [-0.39, 0.29) is 0 Å². The van der Waals surface area contributed by atoms with Crippen molar-refractivity contribution >= 4 is 41.0 Å². The van der Waals surface area contributed by atoms with E-state index in [0.717, 1.165) is 0 Å². The van der Waals surface area contributed by atoms with Gasteiger partial charge in [-0.25, -0.2) is 0 Å². The summed E-state index contributed by atoms with van der Waals surface area (Å²) in [5.74, 6) is 0. The highest BCUT2D eigenvalue weighted by Crippen LogP contribution is 2.06. The molecule has 0 aromatic carbocycles. The molecule has 1 aliphatic rings. The van der Waals surface area contributed by atoms with E-state index in [1.165, 1.54) is 182 Å². The smallest absolute Gasteiger partial charge is 0.0109 e. The molecule has 1 aliphatic heterocycles. The van der Waals surface area contributed by atoms with Gasteiger partial charge in [-0.05, 0) is 90.9 Å². The fraction of sp³-hybridized carbons (Fsp3) is 1.00. The average Bonchev–Trinajstić information content (AvgIpc) is 2.76. The van der Waals surface area contributed by atoms with Crippen LogP contribution < -0.4 is 0 Å². The van der Waals surface area contributed by atoms with Gasteiger partial charge < -0.3 is 19.6 Å². The standard InChI is InChI=1S/C22H56N4Si4/c27-19-3-11-23-7-1-8-24(12-4-20-28)16-18-26(14-6-22-30)10-2-9-25(17-15-23)13-5-21-29/h1-22H2,27-30H3. The second kappa shape index (κ2) is 20.3. The molecule has 180 valence electrons. The Balaban J connectivity index is 2.72. The summed E-state index contributed by atoms with van der Waals surface area (Å²) in [5.41, 5.74) is 0. The van der Waals surface area contributed by atoms with Gasteiger partial charge in [-0.2, -0.15) is 0 Å². The Morgan fingerprint density at radius 1 is 0.367 bits per heavy atom. The molecule has 0 radical (unpaired) electrons. The monoisotopic (exact) mass is 488 g/mol. The highest BCUT2D eigenvalue weighted by Gasteiger charge is 2.14. The summed E-state index contributed by atoms with van der Waals surface area (Å²) >= 11 is 0. The SMILES string of the molecule is [SiH3]CCCN1CCCN(CCC[SiH3])CCN(CCC[SiH3])CCCN(CCC[SiH3])CC1. The van der Waals surface area contributed by atoms with E-state index in [4.69, 9.17) is 0 Å². The van der Waals surface area contributed by atoms with E-state index >= 15 is 0 Å². The molecule has 0 aromatic heterocycles. The highest BCUT2D eigenvalue weighted by atomic mass is 28.2. The molecule has 1 rings (SSSR count). The predicted octanol–water partition coefficient (Wildman–Crippen LogP) is -1.32. The molecule has 1 saturated heterocycles. The Kier molecular flexibility index (Phi) is 19.5. The molecular formula is C22H56N4Si4. The number of hydrogen-bond donors (Lipinski definition) is 0. The van der Waals surface area contributed by atoms with E-state index in [9.17, 15) is 0 Å². The summed E-state index contributed by atoms with van der Waals surface area (Å²) in [6, 6.07) is 5.85. The lowest BCUT2D eigenvalue weighted by atomic mass is 10.2. The molecule has 0 unspecified atom stereocenters. The van der Waals surface area contributed by atoms with Crippen LogP contribution in [0.1, 0.15) is 38.5 Å². The van der Waals surface area contributed by atoms with Crippen molar-refractivity contribution in [2.24, 2.45) is 0 Å². The minimum Gasteiger partial charge on any atom is -0.302 e. The first-order valence-electron chi connectivity index (χ1n) is 13.6. The lowest BCUT2D eigenvalue weighted by Gasteiger charge is -2.32. The van der Waals surface area contributed by atoms with Gasteiger partial charge in [0.2, 0.25) is 0 Å². The lowest BCUT2D eigenvalue weighted by molar-refractivity contribution is 0.158. The first-order valence-corrected chi connectivity index (χ1v) is 19.3. The molecule has 4 nitrogen and oxygen atoms in total. The minimum absolute atomic E-state index is 1.30. The zero-order valence-electron chi connectivity index (χ0n) is 21.3. The Morgan fingerprint density at radius 3 is 0.800 bits per heavy atom. The van der Waals surface area contributed by atoms with Crippen LogP contribution in [-0.4, -0.2) is 139 Å². The number of nitrogens with zero attached hydrogens (tertiary/aromatic N) is 4. The van der Waals surface area contributed by atoms with Crippen LogP contribution in [0.3, 0.4) is 0 Å². The molecule has 0 bridgehead atoms. The maximum absolute atomic E-state index is 2.81. The van der Waals surface area contributed by atoms with Crippen molar-refractivity contribution in [1.82, 2.24) is 19.6 Å². The van der Waals surface area contributed by atoms with Crippen molar-refractivity contribution in [3.8, 4) is 0 Å². The highest BCUT2D eigenvalue weighted by molar-refractivity contribution is 6.09. The van der Waals surface area contributed by atoms with E-state index < -0.39 is 0 Å². The molecule has 1 heterocycles. The van der Waals surface area contributed by atoms with E-state index in [0.29, 0.717) is 0 Å². The first kappa shape index (κ1) is 28.7. The molecule has 0 N–H and O–H groups in total. The van der Waals surface area contributed by atoms with Crippen molar-refractivity contribution in [3.05, 3.63) is 0 Å². The molecule has 0 aliphatic carbocycles. The van der Waals surface area contributed by atoms with Gasteiger partial charge in [-0.1, -0.05) is 24.2 Å². The fourth-order valence-electron chi connectivity index (χ4n) is 4.47. The predicted molar refractivity (Wildman–Crippen MR) is 152 cm³/mol. The van der Waals surface area contributed by atoms with Crippen molar-refractivity contribution in [3.63, 3.8) is 0 Å². The lowest BCUT2D eigenvalue weighted by Crippen LogP contribution is -2.42. The molecule has 0 spiro atoms. The van der Waals surface area contributed by atoms with Crippen LogP contribution in [0.15, 0.2) is 0 Å². The van der Waals surface area contributed by atoms with Crippen molar-refractivity contribution in [2.45, 2.75) is 62.7 Å².